The number of allylic oxidation sites excluding steroid dienone is 1. The summed E-state index contributed by atoms with van der Waals surface area (Å²) in [6, 6.07) is 22.2. The fourth-order valence-corrected chi connectivity index (χ4v) is 3.34. The van der Waals surface area contributed by atoms with E-state index >= 15 is 0 Å². The van der Waals surface area contributed by atoms with Crippen LogP contribution in [0.3, 0.4) is 0 Å². The number of rotatable bonds is 8. The maximum absolute atomic E-state index is 14.8. The van der Waals surface area contributed by atoms with Crippen molar-refractivity contribution < 1.29 is 14.2 Å². The van der Waals surface area contributed by atoms with Crippen molar-refractivity contribution in [3.05, 3.63) is 95.3 Å². The second-order valence-electron chi connectivity index (χ2n) is 6.72. The number of ether oxygens (including phenoxy) is 1. The van der Waals surface area contributed by atoms with E-state index < -0.39 is 5.82 Å². The van der Waals surface area contributed by atoms with Gasteiger partial charge in [0.15, 0.2) is 11.6 Å². The van der Waals surface area contributed by atoms with Gasteiger partial charge in [-0.2, -0.15) is 0 Å². The quantitative estimate of drug-likeness (QED) is 0.394. The minimum absolute atomic E-state index is 0.199. The zero-order valence-electron chi connectivity index (χ0n) is 16.8. The molecule has 3 rings (SSSR count). The Balaban J connectivity index is 2.12. The number of hydrogen-bond acceptors (Lipinski definition) is 3. The zero-order valence-corrected chi connectivity index (χ0v) is 16.8. The molecule has 0 bridgehead atoms. The predicted octanol–water partition coefficient (Wildman–Crippen LogP) is 5.50. The van der Waals surface area contributed by atoms with Gasteiger partial charge in [0.1, 0.15) is 12.4 Å². The van der Waals surface area contributed by atoms with Crippen LogP contribution in [0.15, 0.2) is 72.8 Å². The average molecular weight is 391 g/mol. The van der Waals surface area contributed by atoms with E-state index in [1.807, 2.05) is 43.4 Å². The number of aromatic hydroxyl groups is 1. The molecular formula is C25H26FNO2. The number of hydrogen-bond donors (Lipinski definition) is 2. The van der Waals surface area contributed by atoms with E-state index in [1.54, 1.807) is 18.2 Å². The Morgan fingerprint density at radius 2 is 1.62 bits per heavy atom. The largest absolute Gasteiger partial charge is 0.508 e. The molecule has 0 radical (unpaired) electrons. The molecule has 0 aliphatic carbocycles. The first-order valence-electron chi connectivity index (χ1n) is 9.79. The summed E-state index contributed by atoms with van der Waals surface area (Å²) in [5.41, 5.74) is 4.84. The van der Waals surface area contributed by atoms with Gasteiger partial charge < -0.3 is 15.2 Å². The van der Waals surface area contributed by atoms with Crippen LogP contribution in [0.4, 0.5) is 4.39 Å². The molecule has 0 fully saturated rings. The van der Waals surface area contributed by atoms with Gasteiger partial charge in [0, 0.05) is 6.54 Å². The number of halogens is 1. The maximum atomic E-state index is 14.8. The van der Waals surface area contributed by atoms with Crippen molar-refractivity contribution in [2.24, 2.45) is 0 Å². The van der Waals surface area contributed by atoms with Gasteiger partial charge in [-0.1, -0.05) is 55.5 Å². The number of likely N-dealkylation sites (N-methyl/N-ethyl adjacent to an activating group) is 1. The van der Waals surface area contributed by atoms with E-state index in [4.69, 9.17) is 4.74 Å². The van der Waals surface area contributed by atoms with Crippen molar-refractivity contribution in [1.82, 2.24) is 5.32 Å². The summed E-state index contributed by atoms with van der Waals surface area (Å²) < 4.78 is 20.3. The van der Waals surface area contributed by atoms with Crippen molar-refractivity contribution in [2.75, 3.05) is 20.2 Å². The molecule has 4 heteroatoms. The highest BCUT2D eigenvalue weighted by Gasteiger charge is 2.15. The lowest BCUT2D eigenvalue weighted by Gasteiger charge is -2.17. The van der Waals surface area contributed by atoms with Crippen LogP contribution in [0.1, 0.15) is 30.0 Å². The zero-order chi connectivity index (χ0) is 20.6. The van der Waals surface area contributed by atoms with Crippen molar-refractivity contribution in [3.63, 3.8) is 0 Å². The van der Waals surface area contributed by atoms with Gasteiger partial charge >= 0.3 is 0 Å². The van der Waals surface area contributed by atoms with Crippen LogP contribution in [-0.2, 0) is 0 Å². The van der Waals surface area contributed by atoms with E-state index in [2.05, 4.69) is 24.4 Å². The van der Waals surface area contributed by atoms with Gasteiger partial charge in [-0.15, -0.1) is 0 Å². The molecule has 0 amide bonds. The summed E-state index contributed by atoms with van der Waals surface area (Å²) in [6.07, 6.45) is 0.780. The lowest BCUT2D eigenvalue weighted by atomic mass is 9.88. The van der Waals surface area contributed by atoms with Gasteiger partial charge in [0.2, 0.25) is 0 Å². The molecule has 2 N–H and O–H groups in total. The molecule has 0 aromatic heterocycles. The lowest BCUT2D eigenvalue weighted by molar-refractivity contribution is 0.302. The Bertz CT molecular complexity index is 966. The molecule has 3 nitrogen and oxygen atoms in total. The molecule has 0 aliphatic rings. The third-order valence-electron chi connectivity index (χ3n) is 4.76. The van der Waals surface area contributed by atoms with E-state index in [1.165, 1.54) is 6.07 Å². The SMILES string of the molecule is CC/C(=C(\c1ccc(O)cc1)c1ccc(OCCNC)c(F)c1)c1ccccc1. The Kier molecular flexibility index (Phi) is 7.04. The Labute approximate surface area is 171 Å². The van der Waals surface area contributed by atoms with E-state index in [0.29, 0.717) is 13.2 Å². The monoisotopic (exact) mass is 391 g/mol. The van der Waals surface area contributed by atoms with Gasteiger partial charge in [-0.3, -0.25) is 0 Å². The molecule has 0 heterocycles. The first-order valence-corrected chi connectivity index (χ1v) is 9.79. The second kappa shape index (κ2) is 9.89. The number of phenolic OH excluding ortho intramolecular Hbond substituents is 1. The molecule has 150 valence electrons. The highest BCUT2D eigenvalue weighted by atomic mass is 19.1. The summed E-state index contributed by atoms with van der Waals surface area (Å²) >= 11 is 0. The highest BCUT2D eigenvalue weighted by Crippen LogP contribution is 2.36. The minimum Gasteiger partial charge on any atom is -0.508 e. The molecule has 0 saturated carbocycles. The summed E-state index contributed by atoms with van der Waals surface area (Å²) in [4.78, 5) is 0. The van der Waals surface area contributed by atoms with Crippen LogP contribution >= 0.6 is 0 Å². The van der Waals surface area contributed by atoms with Crippen molar-refractivity contribution in [3.8, 4) is 11.5 Å². The molecule has 3 aromatic carbocycles. The Hall–Kier alpha value is -3.11. The van der Waals surface area contributed by atoms with Crippen LogP contribution in [0.2, 0.25) is 0 Å². The topological polar surface area (TPSA) is 41.5 Å². The van der Waals surface area contributed by atoms with Crippen molar-refractivity contribution >= 4 is 11.1 Å². The smallest absolute Gasteiger partial charge is 0.165 e. The summed E-state index contributed by atoms with van der Waals surface area (Å²) in [7, 11) is 1.83. The average Bonchev–Trinajstić information content (AvgIpc) is 2.75. The van der Waals surface area contributed by atoms with E-state index in [-0.39, 0.29) is 11.5 Å². The normalized spacial score (nSPS) is 11.8. The molecule has 3 aromatic rings. The standard InChI is InChI=1S/C25H26FNO2/c1-3-22(18-7-5-4-6-8-18)25(19-9-12-21(28)13-10-19)20-11-14-24(23(26)17-20)29-16-15-27-2/h4-14,17,27-28H,3,15-16H2,1-2H3/b25-22-. The summed E-state index contributed by atoms with van der Waals surface area (Å²) in [5.74, 6) is 0.0514. The molecule has 29 heavy (non-hydrogen) atoms. The third-order valence-corrected chi connectivity index (χ3v) is 4.76. The van der Waals surface area contributed by atoms with Crippen molar-refractivity contribution in [2.45, 2.75) is 13.3 Å². The molecule has 0 unspecified atom stereocenters. The molecular weight excluding hydrogens is 365 g/mol. The molecule has 0 atom stereocenters. The van der Waals surface area contributed by atoms with Crippen LogP contribution in [0.25, 0.3) is 11.1 Å². The number of benzene rings is 3. The predicted molar refractivity (Wildman–Crippen MR) is 117 cm³/mol. The Morgan fingerprint density at radius 3 is 2.24 bits per heavy atom. The van der Waals surface area contributed by atoms with Crippen LogP contribution in [-0.4, -0.2) is 25.3 Å². The molecule has 0 saturated heterocycles. The third kappa shape index (κ3) is 5.04. The molecule has 0 aliphatic heterocycles. The van der Waals surface area contributed by atoms with Gasteiger partial charge in [-0.05, 0) is 65.6 Å². The maximum Gasteiger partial charge on any atom is 0.165 e. The first kappa shape index (κ1) is 20.6. The van der Waals surface area contributed by atoms with Gasteiger partial charge in [0.25, 0.3) is 0 Å². The second-order valence-corrected chi connectivity index (χ2v) is 6.72. The number of nitrogens with one attached hydrogen (secondary N) is 1. The Morgan fingerprint density at radius 1 is 0.931 bits per heavy atom. The summed E-state index contributed by atoms with van der Waals surface area (Å²) in [5, 5.41) is 12.7. The lowest BCUT2D eigenvalue weighted by Crippen LogP contribution is -2.16. The van der Waals surface area contributed by atoms with Gasteiger partial charge in [0.05, 0.1) is 0 Å². The summed E-state index contributed by atoms with van der Waals surface area (Å²) in [6.45, 7) is 3.14. The molecule has 0 spiro atoms. The van der Waals surface area contributed by atoms with Crippen LogP contribution in [0, 0.1) is 5.82 Å². The van der Waals surface area contributed by atoms with E-state index in [9.17, 15) is 9.50 Å². The number of phenols is 1. The van der Waals surface area contributed by atoms with E-state index in [0.717, 1.165) is 34.3 Å². The van der Waals surface area contributed by atoms with Crippen LogP contribution in [0.5, 0.6) is 11.5 Å². The minimum atomic E-state index is -0.390. The van der Waals surface area contributed by atoms with Crippen LogP contribution < -0.4 is 10.1 Å². The fraction of sp³-hybridized carbons (Fsp3) is 0.200. The highest BCUT2D eigenvalue weighted by molar-refractivity contribution is 5.98. The van der Waals surface area contributed by atoms with Crippen molar-refractivity contribution in [1.29, 1.82) is 0 Å². The first-order chi connectivity index (χ1) is 14.1. The fourth-order valence-electron chi connectivity index (χ4n) is 3.34. The van der Waals surface area contributed by atoms with Gasteiger partial charge in [-0.25, -0.2) is 4.39 Å².